The number of hydrogen-bond donors (Lipinski definition) is 0. The van der Waals surface area contributed by atoms with Gasteiger partial charge < -0.3 is 9.30 Å². The van der Waals surface area contributed by atoms with Gasteiger partial charge in [0.1, 0.15) is 12.4 Å². The van der Waals surface area contributed by atoms with Crippen LogP contribution in [-0.4, -0.2) is 14.8 Å². The third-order valence-electron chi connectivity index (χ3n) is 4.24. The van der Waals surface area contributed by atoms with Crippen LogP contribution < -0.4 is 4.74 Å². The SMILES string of the molecule is CCn1c(COc2ccc(C)c(C)c2)nnc1SCc1ccc(Cl)cc1. The van der Waals surface area contributed by atoms with Crippen molar-refractivity contribution in [3.8, 4) is 5.75 Å². The summed E-state index contributed by atoms with van der Waals surface area (Å²) >= 11 is 7.60. The minimum absolute atomic E-state index is 0.408. The van der Waals surface area contributed by atoms with Crippen LogP contribution in [-0.2, 0) is 18.9 Å². The van der Waals surface area contributed by atoms with Crippen molar-refractivity contribution in [2.24, 2.45) is 0 Å². The highest BCUT2D eigenvalue weighted by Gasteiger charge is 2.12. The van der Waals surface area contributed by atoms with Gasteiger partial charge in [0.15, 0.2) is 11.0 Å². The quantitative estimate of drug-likeness (QED) is 0.506. The van der Waals surface area contributed by atoms with Crippen LogP contribution >= 0.6 is 23.4 Å². The first-order valence-electron chi connectivity index (χ1n) is 8.56. The Bertz CT molecular complexity index is 877. The molecule has 0 fully saturated rings. The van der Waals surface area contributed by atoms with Gasteiger partial charge in [0.05, 0.1) is 0 Å². The Kier molecular flexibility index (Phi) is 6.22. The first-order chi connectivity index (χ1) is 12.6. The fraction of sp³-hybridized carbons (Fsp3) is 0.300. The maximum Gasteiger partial charge on any atom is 0.191 e. The van der Waals surface area contributed by atoms with Crippen molar-refractivity contribution in [2.75, 3.05) is 0 Å². The molecule has 4 nitrogen and oxygen atoms in total. The minimum atomic E-state index is 0.408. The molecule has 2 aromatic carbocycles. The smallest absolute Gasteiger partial charge is 0.191 e. The summed E-state index contributed by atoms with van der Waals surface area (Å²) in [5, 5.41) is 10.3. The van der Waals surface area contributed by atoms with E-state index in [1.165, 1.54) is 16.7 Å². The lowest BCUT2D eigenvalue weighted by molar-refractivity contribution is 0.288. The molecule has 0 aliphatic heterocycles. The van der Waals surface area contributed by atoms with Gasteiger partial charge in [-0.3, -0.25) is 0 Å². The number of benzene rings is 2. The second-order valence-corrected chi connectivity index (χ2v) is 7.47. The van der Waals surface area contributed by atoms with E-state index in [9.17, 15) is 0 Å². The molecule has 0 bridgehead atoms. The lowest BCUT2D eigenvalue weighted by atomic mass is 10.1. The van der Waals surface area contributed by atoms with Crippen molar-refractivity contribution < 1.29 is 4.74 Å². The van der Waals surface area contributed by atoms with E-state index in [1.807, 2.05) is 30.3 Å². The summed E-state index contributed by atoms with van der Waals surface area (Å²) in [7, 11) is 0. The van der Waals surface area contributed by atoms with Gasteiger partial charge in [-0.2, -0.15) is 0 Å². The van der Waals surface area contributed by atoms with Gasteiger partial charge >= 0.3 is 0 Å². The molecule has 0 N–H and O–H groups in total. The number of halogens is 1. The van der Waals surface area contributed by atoms with E-state index >= 15 is 0 Å². The zero-order chi connectivity index (χ0) is 18.5. The van der Waals surface area contributed by atoms with Gasteiger partial charge in [-0.1, -0.05) is 41.6 Å². The molecule has 0 atom stereocenters. The number of hydrogen-bond acceptors (Lipinski definition) is 4. The number of aryl methyl sites for hydroxylation is 2. The summed E-state index contributed by atoms with van der Waals surface area (Å²) in [6.07, 6.45) is 0. The van der Waals surface area contributed by atoms with Crippen molar-refractivity contribution in [2.45, 2.75) is 44.8 Å². The Balaban J connectivity index is 1.65. The average Bonchev–Trinajstić information content (AvgIpc) is 3.04. The molecule has 0 aliphatic rings. The number of aromatic nitrogens is 3. The maximum atomic E-state index is 5.94. The van der Waals surface area contributed by atoms with E-state index in [-0.39, 0.29) is 0 Å². The van der Waals surface area contributed by atoms with Crippen molar-refractivity contribution in [1.29, 1.82) is 0 Å². The molecule has 6 heteroatoms. The predicted octanol–water partition coefficient (Wildman–Crippen LogP) is 5.44. The molecule has 3 aromatic rings. The largest absolute Gasteiger partial charge is 0.486 e. The number of thioether (sulfide) groups is 1. The molecule has 1 heterocycles. The van der Waals surface area contributed by atoms with Crippen molar-refractivity contribution in [1.82, 2.24) is 14.8 Å². The highest BCUT2D eigenvalue weighted by molar-refractivity contribution is 7.98. The van der Waals surface area contributed by atoms with Gasteiger partial charge in [-0.25, -0.2) is 0 Å². The molecular weight excluding hydrogens is 366 g/mol. The molecule has 0 saturated heterocycles. The van der Waals surface area contributed by atoms with E-state index in [0.29, 0.717) is 6.61 Å². The Morgan fingerprint density at radius 1 is 1.04 bits per heavy atom. The van der Waals surface area contributed by atoms with Crippen LogP contribution in [0.5, 0.6) is 5.75 Å². The van der Waals surface area contributed by atoms with Crippen LogP contribution in [0.4, 0.5) is 0 Å². The monoisotopic (exact) mass is 387 g/mol. The number of ether oxygens (including phenoxy) is 1. The molecule has 0 aliphatic carbocycles. The lowest BCUT2D eigenvalue weighted by Gasteiger charge is -2.10. The summed E-state index contributed by atoms with van der Waals surface area (Å²) in [6.45, 7) is 7.49. The Morgan fingerprint density at radius 2 is 1.81 bits per heavy atom. The first kappa shape index (κ1) is 18.8. The van der Waals surface area contributed by atoms with Crippen molar-refractivity contribution in [3.05, 3.63) is 70.0 Å². The van der Waals surface area contributed by atoms with Crippen LogP contribution in [0.1, 0.15) is 29.4 Å². The van der Waals surface area contributed by atoms with Crippen molar-refractivity contribution in [3.63, 3.8) is 0 Å². The van der Waals surface area contributed by atoms with Crippen molar-refractivity contribution >= 4 is 23.4 Å². The molecule has 0 radical (unpaired) electrons. The topological polar surface area (TPSA) is 39.9 Å². The Hall–Kier alpha value is -1.98. The summed E-state index contributed by atoms with van der Waals surface area (Å²) in [5.74, 6) is 2.52. The maximum absolute atomic E-state index is 5.94. The molecule has 136 valence electrons. The average molecular weight is 388 g/mol. The predicted molar refractivity (Wildman–Crippen MR) is 107 cm³/mol. The van der Waals surface area contributed by atoms with E-state index in [0.717, 1.165) is 34.1 Å². The fourth-order valence-corrected chi connectivity index (χ4v) is 3.63. The summed E-state index contributed by atoms with van der Waals surface area (Å²) < 4.78 is 8.01. The highest BCUT2D eigenvalue weighted by Crippen LogP contribution is 2.24. The second kappa shape index (κ2) is 8.60. The fourth-order valence-electron chi connectivity index (χ4n) is 2.53. The number of rotatable bonds is 7. The third kappa shape index (κ3) is 4.59. The van der Waals surface area contributed by atoms with Gasteiger partial charge in [0, 0.05) is 17.3 Å². The first-order valence-corrected chi connectivity index (χ1v) is 9.92. The standard InChI is InChI=1S/C20H22ClN3OS/c1-4-24-19(12-25-18-10-5-14(2)15(3)11-18)22-23-20(24)26-13-16-6-8-17(21)9-7-16/h5-11H,4,12-13H2,1-3H3. The van der Waals surface area contributed by atoms with E-state index in [4.69, 9.17) is 16.3 Å². The Morgan fingerprint density at radius 3 is 2.50 bits per heavy atom. The summed E-state index contributed by atoms with van der Waals surface area (Å²) in [5.41, 5.74) is 3.69. The van der Waals surface area contributed by atoms with Crippen LogP contribution in [0.2, 0.25) is 5.02 Å². The zero-order valence-electron chi connectivity index (χ0n) is 15.2. The van der Waals surface area contributed by atoms with Crippen LogP contribution in [0.3, 0.4) is 0 Å². The molecule has 26 heavy (non-hydrogen) atoms. The number of nitrogens with zero attached hydrogens (tertiary/aromatic N) is 3. The zero-order valence-corrected chi connectivity index (χ0v) is 16.8. The molecule has 0 amide bonds. The third-order valence-corrected chi connectivity index (χ3v) is 5.53. The van der Waals surface area contributed by atoms with E-state index < -0.39 is 0 Å². The van der Waals surface area contributed by atoms with E-state index in [2.05, 4.69) is 47.7 Å². The van der Waals surface area contributed by atoms with Gasteiger partial charge in [0.25, 0.3) is 0 Å². The Labute approximate surface area is 163 Å². The molecule has 3 rings (SSSR count). The minimum Gasteiger partial charge on any atom is -0.486 e. The summed E-state index contributed by atoms with van der Waals surface area (Å²) in [6, 6.07) is 14.0. The van der Waals surface area contributed by atoms with Gasteiger partial charge in [-0.05, 0) is 61.7 Å². The molecule has 1 aromatic heterocycles. The second-order valence-electron chi connectivity index (χ2n) is 6.09. The van der Waals surface area contributed by atoms with Crippen LogP contribution in [0.25, 0.3) is 0 Å². The van der Waals surface area contributed by atoms with Crippen LogP contribution in [0.15, 0.2) is 47.6 Å². The molecule has 0 spiro atoms. The normalized spacial score (nSPS) is 10.9. The molecule has 0 unspecified atom stereocenters. The molecule has 0 saturated carbocycles. The van der Waals surface area contributed by atoms with Crippen LogP contribution in [0, 0.1) is 13.8 Å². The summed E-state index contributed by atoms with van der Waals surface area (Å²) in [4.78, 5) is 0. The van der Waals surface area contributed by atoms with Gasteiger partial charge in [0.2, 0.25) is 0 Å². The van der Waals surface area contributed by atoms with Gasteiger partial charge in [-0.15, -0.1) is 10.2 Å². The highest BCUT2D eigenvalue weighted by atomic mass is 35.5. The molecular formula is C20H22ClN3OS. The van der Waals surface area contributed by atoms with E-state index in [1.54, 1.807) is 11.8 Å². The lowest BCUT2D eigenvalue weighted by Crippen LogP contribution is -2.07.